The van der Waals surface area contributed by atoms with Crippen LogP contribution in [0.15, 0.2) is 0 Å². The number of carbonyl (C=O) groups excluding carboxylic acids is 1. The number of Topliss-reactive ketones (excluding diaryl/α,β-unsaturated/α-hetero) is 1. The minimum Gasteiger partial charge on any atom is -0.316 e. The molecule has 54 valence electrons. The molecule has 0 amide bonds. The Morgan fingerprint density at radius 1 is 1.67 bits per heavy atom. The highest BCUT2D eigenvalue weighted by Crippen LogP contribution is 1.94. The molecule has 3 nitrogen and oxygen atoms in total. The van der Waals surface area contributed by atoms with Crippen molar-refractivity contribution in [1.82, 2.24) is 5.48 Å². The fourth-order valence-corrected chi connectivity index (χ4v) is 0.637. The highest BCUT2D eigenvalue weighted by molar-refractivity contribution is 5.83. The number of hydrogen-bond donors (Lipinski definition) is 2. The maximum Gasteiger partial charge on any atom is 0.151 e. The Balaban J connectivity index is 3.64. The Hall–Kier alpha value is -0.410. The number of nitrogens with one attached hydrogen (secondary N) is 1. The number of ketones is 1. The third-order valence-electron chi connectivity index (χ3n) is 1.30. The standard InChI is InChI=1S/C6H13NO2/c1-3-5(7-9)6(8)4-2/h5,7,9H,3-4H2,1-2H3. The summed E-state index contributed by atoms with van der Waals surface area (Å²) in [7, 11) is 0. The molecule has 0 aromatic rings. The zero-order valence-corrected chi connectivity index (χ0v) is 5.85. The molecule has 0 aliphatic heterocycles. The molecule has 0 heterocycles. The van der Waals surface area contributed by atoms with Gasteiger partial charge in [0, 0.05) is 6.42 Å². The van der Waals surface area contributed by atoms with E-state index in [1.165, 1.54) is 0 Å². The van der Waals surface area contributed by atoms with Gasteiger partial charge in [-0.3, -0.25) is 4.79 Å². The second-order valence-corrected chi connectivity index (χ2v) is 1.91. The van der Waals surface area contributed by atoms with Gasteiger partial charge in [-0.15, -0.1) is 0 Å². The summed E-state index contributed by atoms with van der Waals surface area (Å²) in [6, 6.07) is -0.366. The van der Waals surface area contributed by atoms with Gasteiger partial charge in [0.05, 0.1) is 6.04 Å². The lowest BCUT2D eigenvalue weighted by molar-refractivity contribution is -0.123. The van der Waals surface area contributed by atoms with Crippen molar-refractivity contribution < 1.29 is 10.0 Å². The smallest absolute Gasteiger partial charge is 0.151 e. The number of carbonyl (C=O) groups is 1. The van der Waals surface area contributed by atoms with Gasteiger partial charge in [-0.1, -0.05) is 13.8 Å². The maximum absolute atomic E-state index is 10.8. The van der Waals surface area contributed by atoms with Crippen LogP contribution in [0.25, 0.3) is 0 Å². The Morgan fingerprint density at radius 2 is 2.22 bits per heavy atom. The topological polar surface area (TPSA) is 49.3 Å². The van der Waals surface area contributed by atoms with Crippen LogP contribution >= 0.6 is 0 Å². The lowest BCUT2D eigenvalue weighted by Gasteiger charge is -2.08. The van der Waals surface area contributed by atoms with Crippen LogP contribution in [0.2, 0.25) is 0 Å². The van der Waals surface area contributed by atoms with Crippen molar-refractivity contribution in [2.75, 3.05) is 0 Å². The third kappa shape index (κ3) is 2.58. The van der Waals surface area contributed by atoms with E-state index in [-0.39, 0.29) is 11.8 Å². The molecule has 1 unspecified atom stereocenters. The second-order valence-electron chi connectivity index (χ2n) is 1.91. The Bertz CT molecular complexity index is 89.1. The summed E-state index contributed by atoms with van der Waals surface area (Å²) in [6.45, 7) is 3.63. The molecule has 0 saturated heterocycles. The van der Waals surface area contributed by atoms with Crippen LogP contribution < -0.4 is 5.48 Å². The van der Waals surface area contributed by atoms with E-state index in [1.54, 1.807) is 6.92 Å². The Labute approximate surface area is 55.0 Å². The molecule has 0 aliphatic carbocycles. The van der Waals surface area contributed by atoms with E-state index in [4.69, 9.17) is 5.21 Å². The van der Waals surface area contributed by atoms with Crippen LogP contribution in [0.4, 0.5) is 0 Å². The van der Waals surface area contributed by atoms with Gasteiger partial charge < -0.3 is 5.21 Å². The Kier molecular flexibility index (Phi) is 4.26. The molecule has 0 fully saturated rings. The minimum absolute atomic E-state index is 0.0556. The van der Waals surface area contributed by atoms with Crippen molar-refractivity contribution in [2.24, 2.45) is 0 Å². The summed E-state index contributed by atoms with van der Waals surface area (Å²) in [6.07, 6.45) is 1.12. The molecular formula is C6H13NO2. The average molecular weight is 131 g/mol. The molecule has 0 aromatic heterocycles. The SMILES string of the molecule is CCC(=O)C(CC)NO. The first-order valence-corrected chi connectivity index (χ1v) is 3.18. The molecule has 9 heavy (non-hydrogen) atoms. The van der Waals surface area contributed by atoms with Gasteiger partial charge in [-0.25, -0.2) is 0 Å². The van der Waals surface area contributed by atoms with Crippen molar-refractivity contribution in [1.29, 1.82) is 0 Å². The van der Waals surface area contributed by atoms with Gasteiger partial charge in [0.2, 0.25) is 0 Å². The van der Waals surface area contributed by atoms with Crippen LogP contribution in [0.1, 0.15) is 26.7 Å². The lowest BCUT2D eigenvalue weighted by Crippen LogP contribution is -2.33. The zero-order chi connectivity index (χ0) is 7.28. The summed E-state index contributed by atoms with van der Waals surface area (Å²) in [4.78, 5) is 10.8. The molecule has 0 bridgehead atoms. The van der Waals surface area contributed by atoms with Gasteiger partial charge in [-0.05, 0) is 6.42 Å². The largest absolute Gasteiger partial charge is 0.316 e. The molecule has 0 rings (SSSR count). The third-order valence-corrected chi connectivity index (χ3v) is 1.30. The van der Waals surface area contributed by atoms with E-state index in [9.17, 15) is 4.79 Å². The molecule has 1 atom stereocenters. The normalized spacial score (nSPS) is 13.2. The summed E-state index contributed by atoms with van der Waals surface area (Å²) in [5.74, 6) is 0.0556. The van der Waals surface area contributed by atoms with E-state index < -0.39 is 0 Å². The van der Waals surface area contributed by atoms with Gasteiger partial charge in [0.25, 0.3) is 0 Å². The fraction of sp³-hybridized carbons (Fsp3) is 0.833. The molecule has 0 saturated carbocycles. The minimum atomic E-state index is -0.366. The molecule has 0 spiro atoms. The molecular weight excluding hydrogens is 118 g/mol. The summed E-state index contributed by atoms with van der Waals surface area (Å²) < 4.78 is 0. The quantitative estimate of drug-likeness (QED) is 0.553. The average Bonchev–Trinajstić information content (AvgIpc) is 1.90. The molecule has 0 aliphatic rings. The van der Waals surface area contributed by atoms with E-state index in [2.05, 4.69) is 0 Å². The predicted molar refractivity (Wildman–Crippen MR) is 34.3 cm³/mol. The number of hydrogen-bond acceptors (Lipinski definition) is 3. The van der Waals surface area contributed by atoms with Gasteiger partial charge in [0.15, 0.2) is 5.78 Å². The first-order chi connectivity index (χ1) is 4.26. The van der Waals surface area contributed by atoms with Crippen molar-refractivity contribution in [3.63, 3.8) is 0 Å². The van der Waals surface area contributed by atoms with E-state index in [1.807, 2.05) is 12.4 Å². The van der Waals surface area contributed by atoms with Crippen LogP contribution in [-0.4, -0.2) is 17.0 Å². The van der Waals surface area contributed by atoms with Crippen molar-refractivity contribution in [3.05, 3.63) is 0 Å². The summed E-state index contributed by atoms with van der Waals surface area (Å²) in [5, 5.41) is 8.36. The fourth-order valence-electron chi connectivity index (χ4n) is 0.637. The second kappa shape index (κ2) is 4.47. The van der Waals surface area contributed by atoms with E-state index in [0.29, 0.717) is 12.8 Å². The zero-order valence-electron chi connectivity index (χ0n) is 5.85. The van der Waals surface area contributed by atoms with Gasteiger partial charge in [-0.2, -0.15) is 5.48 Å². The van der Waals surface area contributed by atoms with Gasteiger partial charge >= 0.3 is 0 Å². The van der Waals surface area contributed by atoms with Crippen molar-refractivity contribution in [2.45, 2.75) is 32.7 Å². The molecule has 3 heteroatoms. The van der Waals surface area contributed by atoms with E-state index in [0.717, 1.165) is 0 Å². The predicted octanol–water partition coefficient (Wildman–Crippen LogP) is 0.723. The summed E-state index contributed by atoms with van der Waals surface area (Å²) in [5.41, 5.74) is 1.95. The molecule has 2 N–H and O–H groups in total. The van der Waals surface area contributed by atoms with Crippen LogP contribution in [0.3, 0.4) is 0 Å². The maximum atomic E-state index is 10.8. The van der Waals surface area contributed by atoms with Gasteiger partial charge in [0.1, 0.15) is 0 Å². The first kappa shape index (κ1) is 8.59. The van der Waals surface area contributed by atoms with Crippen LogP contribution in [0.5, 0.6) is 0 Å². The molecule has 0 radical (unpaired) electrons. The number of hydroxylamine groups is 1. The summed E-state index contributed by atoms with van der Waals surface area (Å²) >= 11 is 0. The van der Waals surface area contributed by atoms with Crippen LogP contribution in [0, 0.1) is 0 Å². The molecule has 0 aromatic carbocycles. The van der Waals surface area contributed by atoms with E-state index >= 15 is 0 Å². The van der Waals surface area contributed by atoms with Crippen molar-refractivity contribution >= 4 is 5.78 Å². The lowest BCUT2D eigenvalue weighted by atomic mass is 10.1. The first-order valence-electron chi connectivity index (χ1n) is 3.18. The monoisotopic (exact) mass is 131 g/mol. The van der Waals surface area contributed by atoms with Crippen molar-refractivity contribution in [3.8, 4) is 0 Å². The van der Waals surface area contributed by atoms with Crippen LogP contribution in [-0.2, 0) is 4.79 Å². The Morgan fingerprint density at radius 3 is 2.33 bits per heavy atom. The highest BCUT2D eigenvalue weighted by atomic mass is 16.5. The number of rotatable bonds is 4. The highest BCUT2D eigenvalue weighted by Gasteiger charge is 2.11.